The molecular formula is C24H28N6O3S. The minimum atomic E-state index is -3.81. The molecule has 0 radical (unpaired) electrons. The zero-order valence-corrected chi connectivity index (χ0v) is 20.1. The number of aryl methyl sites for hydroxylation is 2. The lowest BCUT2D eigenvalue weighted by Gasteiger charge is -2.16. The van der Waals surface area contributed by atoms with Crippen LogP contribution in [-0.4, -0.2) is 45.6 Å². The summed E-state index contributed by atoms with van der Waals surface area (Å²) in [4.78, 5) is 19.2. The number of hydrogen-bond acceptors (Lipinski definition) is 5. The Balaban J connectivity index is 1.45. The van der Waals surface area contributed by atoms with Gasteiger partial charge in [0.05, 0.1) is 27.8 Å². The van der Waals surface area contributed by atoms with Gasteiger partial charge in [0.15, 0.2) is 0 Å². The van der Waals surface area contributed by atoms with Crippen LogP contribution in [0.1, 0.15) is 31.2 Å². The maximum Gasteiger partial charge on any atom is 0.238 e. The summed E-state index contributed by atoms with van der Waals surface area (Å²) in [6, 6.07) is 14.5. The Morgan fingerprint density at radius 3 is 2.62 bits per heavy atom. The first kappa shape index (κ1) is 23.7. The van der Waals surface area contributed by atoms with Crippen LogP contribution >= 0.6 is 0 Å². The van der Waals surface area contributed by atoms with E-state index in [-0.39, 0.29) is 10.8 Å². The minimum Gasteiger partial charge on any atom is -0.341 e. The lowest BCUT2D eigenvalue weighted by atomic mass is 10.2. The highest BCUT2D eigenvalue weighted by molar-refractivity contribution is 7.89. The molecule has 178 valence electrons. The van der Waals surface area contributed by atoms with Gasteiger partial charge in [0, 0.05) is 44.7 Å². The van der Waals surface area contributed by atoms with Crippen molar-refractivity contribution in [3.05, 3.63) is 72.3 Å². The molecule has 10 heteroatoms. The van der Waals surface area contributed by atoms with Crippen molar-refractivity contribution in [3.63, 3.8) is 0 Å². The molecule has 0 spiro atoms. The maximum absolute atomic E-state index is 12.8. The first-order chi connectivity index (χ1) is 16.3. The maximum atomic E-state index is 12.8. The lowest BCUT2D eigenvalue weighted by molar-refractivity contribution is -0.130. The molecule has 4 rings (SSSR count). The molecule has 0 aliphatic heterocycles. The summed E-state index contributed by atoms with van der Waals surface area (Å²) < 4.78 is 27.2. The van der Waals surface area contributed by atoms with Crippen LogP contribution in [0.2, 0.25) is 0 Å². The van der Waals surface area contributed by atoms with Crippen LogP contribution < -0.4 is 5.14 Å². The van der Waals surface area contributed by atoms with Gasteiger partial charge in [-0.3, -0.25) is 4.79 Å². The number of rotatable bonds is 9. The summed E-state index contributed by atoms with van der Waals surface area (Å²) in [7, 11) is -2.04. The molecule has 2 N–H and O–H groups in total. The highest BCUT2D eigenvalue weighted by Gasteiger charge is 2.17. The van der Waals surface area contributed by atoms with E-state index in [1.807, 2.05) is 41.1 Å². The van der Waals surface area contributed by atoms with Crippen LogP contribution in [0.3, 0.4) is 0 Å². The number of nitrogens with two attached hydrogens (primary N) is 1. The predicted molar refractivity (Wildman–Crippen MR) is 130 cm³/mol. The van der Waals surface area contributed by atoms with Crippen LogP contribution in [0.15, 0.2) is 65.8 Å². The number of imidazole rings is 1. The van der Waals surface area contributed by atoms with Crippen molar-refractivity contribution in [1.82, 2.24) is 24.2 Å². The minimum absolute atomic E-state index is 0.00668. The number of benzene rings is 2. The molecular weight excluding hydrogens is 452 g/mol. The monoisotopic (exact) mass is 480 g/mol. The van der Waals surface area contributed by atoms with E-state index < -0.39 is 10.0 Å². The SMILES string of the molecule is CCCn1c(CCC(=O)N(C)Cc2cnn(-c3ccccc3)c2)nc2cc(S(N)(=O)=O)ccc21. The van der Waals surface area contributed by atoms with Gasteiger partial charge in [-0.1, -0.05) is 25.1 Å². The molecule has 0 fully saturated rings. The molecule has 2 aromatic heterocycles. The summed E-state index contributed by atoms with van der Waals surface area (Å²) in [6.07, 6.45) is 5.31. The molecule has 34 heavy (non-hydrogen) atoms. The van der Waals surface area contributed by atoms with Gasteiger partial charge in [0.1, 0.15) is 5.82 Å². The van der Waals surface area contributed by atoms with E-state index in [0.29, 0.717) is 24.9 Å². The first-order valence-corrected chi connectivity index (χ1v) is 12.7. The quantitative estimate of drug-likeness (QED) is 0.395. The largest absolute Gasteiger partial charge is 0.341 e. The second-order valence-corrected chi connectivity index (χ2v) is 9.82. The molecule has 2 aromatic carbocycles. The number of fused-ring (bicyclic) bond motifs is 1. The molecule has 2 heterocycles. The average Bonchev–Trinajstić information content (AvgIpc) is 3.42. The summed E-state index contributed by atoms with van der Waals surface area (Å²) in [5.41, 5.74) is 3.29. The second kappa shape index (κ2) is 9.78. The average molecular weight is 481 g/mol. The molecule has 1 amide bonds. The Morgan fingerprint density at radius 1 is 1.15 bits per heavy atom. The van der Waals surface area contributed by atoms with E-state index in [1.54, 1.807) is 28.9 Å². The standard InChI is InChI=1S/C24H28N6O3S/c1-3-13-29-22-10-9-20(34(25,32)33)14-21(22)27-23(29)11-12-24(31)28(2)16-18-15-26-30(17-18)19-7-5-4-6-8-19/h4-10,14-15,17H,3,11-13,16H2,1-2H3,(H2,25,32,33). The van der Waals surface area contributed by atoms with Gasteiger partial charge in [0.25, 0.3) is 0 Å². The molecule has 0 bridgehead atoms. The highest BCUT2D eigenvalue weighted by atomic mass is 32.2. The van der Waals surface area contributed by atoms with Crippen LogP contribution in [0, 0.1) is 0 Å². The summed E-state index contributed by atoms with van der Waals surface area (Å²) in [5, 5.41) is 9.65. The first-order valence-electron chi connectivity index (χ1n) is 11.1. The van der Waals surface area contributed by atoms with Crippen molar-refractivity contribution in [1.29, 1.82) is 0 Å². The van der Waals surface area contributed by atoms with Crippen molar-refractivity contribution in [3.8, 4) is 5.69 Å². The number of aromatic nitrogens is 4. The molecule has 4 aromatic rings. The lowest BCUT2D eigenvalue weighted by Crippen LogP contribution is -2.26. The van der Waals surface area contributed by atoms with Crippen LogP contribution in [0.5, 0.6) is 0 Å². The number of hydrogen-bond donors (Lipinski definition) is 1. The van der Waals surface area contributed by atoms with Crippen molar-refractivity contribution >= 4 is 27.0 Å². The predicted octanol–water partition coefficient (Wildman–Crippen LogP) is 2.87. The van der Waals surface area contributed by atoms with Crippen molar-refractivity contribution in [2.75, 3.05) is 7.05 Å². The fourth-order valence-corrected chi connectivity index (χ4v) is 4.47. The van der Waals surface area contributed by atoms with E-state index in [0.717, 1.165) is 35.6 Å². The van der Waals surface area contributed by atoms with E-state index in [4.69, 9.17) is 5.14 Å². The van der Waals surface area contributed by atoms with E-state index in [9.17, 15) is 13.2 Å². The molecule has 0 saturated carbocycles. The fourth-order valence-electron chi connectivity index (χ4n) is 3.94. The Hall–Kier alpha value is -3.50. The van der Waals surface area contributed by atoms with Crippen LogP contribution in [0.25, 0.3) is 16.7 Å². The van der Waals surface area contributed by atoms with Crippen LogP contribution in [0.4, 0.5) is 0 Å². The van der Waals surface area contributed by atoms with Crippen molar-refractivity contribution in [2.24, 2.45) is 5.14 Å². The van der Waals surface area contributed by atoms with Gasteiger partial charge in [-0.25, -0.2) is 23.2 Å². The Bertz CT molecular complexity index is 1410. The van der Waals surface area contributed by atoms with E-state index >= 15 is 0 Å². The number of carbonyl (C=O) groups excluding carboxylic acids is 1. The van der Waals surface area contributed by atoms with Gasteiger partial charge in [-0.05, 0) is 36.8 Å². The molecule has 0 saturated heterocycles. The Kier molecular flexibility index (Phi) is 6.80. The Morgan fingerprint density at radius 2 is 1.91 bits per heavy atom. The number of amides is 1. The number of para-hydroxylation sites is 1. The number of sulfonamides is 1. The summed E-state index contributed by atoms with van der Waals surface area (Å²) in [5.74, 6) is 0.745. The van der Waals surface area contributed by atoms with Gasteiger partial charge >= 0.3 is 0 Å². The van der Waals surface area contributed by atoms with Gasteiger partial charge in [0.2, 0.25) is 15.9 Å². The molecule has 0 atom stereocenters. The van der Waals surface area contributed by atoms with Gasteiger partial charge in [-0.2, -0.15) is 5.10 Å². The van der Waals surface area contributed by atoms with E-state index in [2.05, 4.69) is 17.0 Å². The fraction of sp³-hybridized carbons (Fsp3) is 0.292. The second-order valence-electron chi connectivity index (χ2n) is 8.25. The molecule has 0 unspecified atom stereocenters. The summed E-state index contributed by atoms with van der Waals surface area (Å²) in [6.45, 7) is 3.24. The van der Waals surface area contributed by atoms with Crippen molar-refractivity contribution in [2.45, 2.75) is 44.2 Å². The van der Waals surface area contributed by atoms with Crippen molar-refractivity contribution < 1.29 is 13.2 Å². The van der Waals surface area contributed by atoms with Gasteiger partial charge in [-0.15, -0.1) is 0 Å². The smallest absolute Gasteiger partial charge is 0.238 e. The Labute approximate surface area is 198 Å². The summed E-state index contributed by atoms with van der Waals surface area (Å²) >= 11 is 0. The number of nitrogens with zero attached hydrogens (tertiary/aromatic N) is 5. The third kappa shape index (κ3) is 5.18. The van der Waals surface area contributed by atoms with E-state index in [1.165, 1.54) is 12.1 Å². The highest BCUT2D eigenvalue weighted by Crippen LogP contribution is 2.21. The number of carbonyl (C=O) groups is 1. The van der Waals surface area contributed by atoms with Crippen LogP contribution in [-0.2, 0) is 34.3 Å². The zero-order valence-electron chi connectivity index (χ0n) is 19.3. The third-order valence-electron chi connectivity index (χ3n) is 5.64. The topological polar surface area (TPSA) is 116 Å². The zero-order chi connectivity index (χ0) is 24.3. The number of primary sulfonamides is 1. The molecule has 0 aliphatic carbocycles. The normalized spacial score (nSPS) is 11.7. The molecule has 9 nitrogen and oxygen atoms in total. The molecule has 0 aliphatic rings. The third-order valence-corrected chi connectivity index (χ3v) is 6.55. The van der Waals surface area contributed by atoms with Gasteiger partial charge < -0.3 is 9.47 Å².